The Labute approximate surface area is 104 Å². The standard InChI is InChI=1S/C13H14N2O3/c1-8-10(6-12(16)14-7-13(17)18)9-4-2-3-5-11(9)15-8/h2-5,15H,6-7H2,1H3,(H,14,16)(H,17,18). The van der Waals surface area contributed by atoms with Gasteiger partial charge in [-0.25, -0.2) is 0 Å². The smallest absolute Gasteiger partial charge is 0.322 e. The number of rotatable bonds is 4. The number of amides is 1. The van der Waals surface area contributed by atoms with Gasteiger partial charge in [0.05, 0.1) is 6.42 Å². The van der Waals surface area contributed by atoms with E-state index in [1.54, 1.807) is 0 Å². The maximum Gasteiger partial charge on any atom is 0.322 e. The van der Waals surface area contributed by atoms with E-state index in [1.807, 2.05) is 31.2 Å². The van der Waals surface area contributed by atoms with Crippen LogP contribution in [0.3, 0.4) is 0 Å². The number of hydrogen-bond acceptors (Lipinski definition) is 2. The van der Waals surface area contributed by atoms with Crippen molar-refractivity contribution in [1.29, 1.82) is 0 Å². The van der Waals surface area contributed by atoms with Gasteiger partial charge in [-0.2, -0.15) is 0 Å². The van der Waals surface area contributed by atoms with Crippen LogP contribution >= 0.6 is 0 Å². The Hall–Kier alpha value is -2.30. The van der Waals surface area contributed by atoms with Gasteiger partial charge in [-0.05, 0) is 18.6 Å². The van der Waals surface area contributed by atoms with Gasteiger partial charge in [-0.3, -0.25) is 9.59 Å². The van der Waals surface area contributed by atoms with Crippen molar-refractivity contribution in [2.75, 3.05) is 6.54 Å². The molecule has 1 heterocycles. The minimum Gasteiger partial charge on any atom is -0.480 e. The third-order valence-corrected chi connectivity index (χ3v) is 2.80. The van der Waals surface area contributed by atoms with Crippen molar-refractivity contribution in [2.24, 2.45) is 0 Å². The molecule has 0 saturated carbocycles. The number of carbonyl (C=O) groups excluding carboxylic acids is 1. The summed E-state index contributed by atoms with van der Waals surface area (Å²) in [7, 11) is 0. The van der Waals surface area contributed by atoms with Crippen molar-refractivity contribution in [3.63, 3.8) is 0 Å². The molecular weight excluding hydrogens is 232 g/mol. The summed E-state index contributed by atoms with van der Waals surface area (Å²) in [6.07, 6.45) is 0.184. The van der Waals surface area contributed by atoms with Crippen LogP contribution < -0.4 is 5.32 Å². The van der Waals surface area contributed by atoms with Gasteiger partial charge in [0.25, 0.3) is 0 Å². The van der Waals surface area contributed by atoms with Gasteiger partial charge in [0.15, 0.2) is 0 Å². The molecule has 5 nitrogen and oxygen atoms in total. The number of para-hydroxylation sites is 1. The van der Waals surface area contributed by atoms with E-state index >= 15 is 0 Å². The van der Waals surface area contributed by atoms with Crippen molar-refractivity contribution in [3.05, 3.63) is 35.5 Å². The molecule has 1 aromatic carbocycles. The van der Waals surface area contributed by atoms with Crippen LogP contribution in [0.5, 0.6) is 0 Å². The fourth-order valence-corrected chi connectivity index (χ4v) is 1.96. The summed E-state index contributed by atoms with van der Waals surface area (Å²) >= 11 is 0. The van der Waals surface area contributed by atoms with E-state index < -0.39 is 5.97 Å². The summed E-state index contributed by atoms with van der Waals surface area (Å²) in [6.45, 7) is 1.56. The lowest BCUT2D eigenvalue weighted by atomic mass is 10.1. The molecule has 0 unspecified atom stereocenters. The lowest BCUT2D eigenvalue weighted by Crippen LogP contribution is -2.30. The van der Waals surface area contributed by atoms with Gasteiger partial charge in [-0.15, -0.1) is 0 Å². The SMILES string of the molecule is Cc1[nH]c2ccccc2c1CC(=O)NCC(=O)O. The van der Waals surface area contributed by atoms with E-state index in [0.717, 1.165) is 22.2 Å². The Bertz CT molecular complexity index is 601. The Morgan fingerprint density at radius 2 is 2.06 bits per heavy atom. The summed E-state index contributed by atoms with van der Waals surface area (Å²) in [4.78, 5) is 25.2. The fourth-order valence-electron chi connectivity index (χ4n) is 1.96. The molecule has 1 aromatic heterocycles. The first-order valence-corrected chi connectivity index (χ1v) is 5.62. The number of aryl methyl sites for hydroxylation is 1. The van der Waals surface area contributed by atoms with Crippen LogP contribution in [0.2, 0.25) is 0 Å². The minimum atomic E-state index is -1.04. The molecule has 0 bridgehead atoms. The Balaban J connectivity index is 2.18. The molecule has 0 aliphatic heterocycles. The third kappa shape index (κ3) is 2.51. The van der Waals surface area contributed by atoms with Crippen molar-refractivity contribution >= 4 is 22.8 Å². The summed E-state index contributed by atoms with van der Waals surface area (Å²) in [6, 6.07) is 7.72. The molecule has 0 aliphatic carbocycles. The number of carbonyl (C=O) groups is 2. The molecule has 2 rings (SSSR count). The second-order valence-electron chi connectivity index (χ2n) is 4.12. The summed E-state index contributed by atoms with van der Waals surface area (Å²) in [5, 5.41) is 11.9. The van der Waals surface area contributed by atoms with Gasteiger partial charge in [0.1, 0.15) is 6.54 Å². The molecule has 0 saturated heterocycles. The fraction of sp³-hybridized carbons (Fsp3) is 0.231. The van der Waals surface area contributed by atoms with E-state index in [0.29, 0.717) is 0 Å². The predicted molar refractivity (Wildman–Crippen MR) is 67.4 cm³/mol. The number of H-pyrrole nitrogens is 1. The second-order valence-corrected chi connectivity index (χ2v) is 4.12. The lowest BCUT2D eigenvalue weighted by Gasteiger charge is -2.02. The lowest BCUT2D eigenvalue weighted by molar-refractivity contribution is -0.137. The predicted octanol–water partition coefficient (Wildman–Crippen LogP) is 1.22. The molecule has 1 amide bonds. The van der Waals surface area contributed by atoms with E-state index in [2.05, 4.69) is 10.3 Å². The molecule has 94 valence electrons. The first-order valence-electron chi connectivity index (χ1n) is 5.62. The van der Waals surface area contributed by atoms with Crippen LogP contribution in [-0.2, 0) is 16.0 Å². The van der Waals surface area contributed by atoms with Gasteiger partial charge in [0.2, 0.25) is 5.91 Å². The number of aromatic amines is 1. The normalized spacial score (nSPS) is 10.5. The molecule has 2 aromatic rings. The van der Waals surface area contributed by atoms with Gasteiger partial charge < -0.3 is 15.4 Å². The summed E-state index contributed by atoms with van der Waals surface area (Å²) < 4.78 is 0. The zero-order valence-electron chi connectivity index (χ0n) is 9.99. The highest BCUT2D eigenvalue weighted by atomic mass is 16.4. The highest BCUT2D eigenvalue weighted by Crippen LogP contribution is 2.22. The number of aromatic nitrogens is 1. The molecule has 0 aliphatic rings. The average molecular weight is 246 g/mol. The number of hydrogen-bond donors (Lipinski definition) is 3. The zero-order valence-corrected chi connectivity index (χ0v) is 9.99. The molecule has 0 atom stereocenters. The quantitative estimate of drug-likeness (QED) is 0.758. The molecule has 0 fully saturated rings. The van der Waals surface area contributed by atoms with Gasteiger partial charge in [0, 0.05) is 16.6 Å². The number of carboxylic acids is 1. The average Bonchev–Trinajstić information content (AvgIpc) is 2.64. The van der Waals surface area contributed by atoms with Crippen molar-refractivity contribution in [3.8, 4) is 0 Å². The summed E-state index contributed by atoms with van der Waals surface area (Å²) in [5.41, 5.74) is 2.83. The summed E-state index contributed by atoms with van der Waals surface area (Å²) in [5.74, 6) is -1.33. The number of benzene rings is 1. The third-order valence-electron chi connectivity index (χ3n) is 2.80. The van der Waals surface area contributed by atoms with E-state index in [9.17, 15) is 9.59 Å². The zero-order chi connectivity index (χ0) is 13.1. The van der Waals surface area contributed by atoms with Crippen LogP contribution in [0.4, 0.5) is 0 Å². The van der Waals surface area contributed by atoms with E-state index in [-0.39, 0.29) is 18.9 Å². The molecule has 0 spiro atoms. The monoisotopic (exact) mass is 246 g/mol. The second kappa shape index (κ2) is 4.91. The first kappa shape index (κ1) is 12.2. The molecule has 0 radical (unpaired) electrons. The highest BCUT2D eigenvalue weighted by Gasteiger charge is 2.12. The Morgan fingerprint density at radius 1 is 1.33 bits per heavy atom. The first-order chi connectivity index (χ1) is 8.58. The minimum absolute atomic E-state index is 0.184. The van der Waals surface area contributed by atoms with E-state index in [1.165, 1.54) is 0 Å². The largest absolute Gasteiger partial charge is 0.480 e. The Kier molecular flexibility index (Phi) is 3.32. The number of fused-ring (bicyclic) bond motifs is 1. The van der Waals surface area contributed by atoms with Crippen LogP contribution in [0.15, 0.2) is 24.3 Å². The van der Waals surface area contributed by atoms with Gasteiger partial charge in [-0.1, -0.05) is 18.2 Å². The van der Waals surface area contributed by atoms with E-state index in [4.69, 9.17) is 5.11 Å². The molecule has 3 N–H and O–H groups in total. The molecule has 18 heavy (non-hydrogen) atoms. The van der Waals surface area contributed by atoms with Crippen molar-refractivity contribution < 1.29 is 14.7 Å². The van der Waals surface area contributed by atoms with Crippen molar-refractivity contribution in [1.82, 2.24) is 10.3 Å². The Morgan fingerprint density at radius 3 is 2.78 bits per heavy atom. The maximum atomic E-state index is 11.6. The number of carboxylic acid groups (broad SMARTS) is 1. The van der Waals surface area contributed by atoms with Crippen molar-refractivity contribution in [2.45, 2.75) is 13.3 Å². The van der Waals surface area contributed by atoms with Crippen LogP contribution in [-0.4, -0.2) is 28.5 Å². The maximum absolute atomic E-state index is 11.6. The van der Waals surface area contributed by atoms with Crippen LogP contribution in [0.25, 0.3) is 10.9 Å². The molecule has 5 heteroatoms. The number of nitrogens with one attached hydrogen (secondary N) is 2. The van der Waals surface area contributed by atoms with Crippen LogP contribution in [0, 0.1) is 6.92 Å². The highest BCUT2D eigenvalue weighted by molar-refractivity contribution is 5.90. The van der Waals surface area contributed by atoms with Gasteiger partial charge >= 0.3 is 5.97 Å². The van der Waals surface area contributed by atoms with Crippen LogP contribution in [0.1, 0.15) is 11.3 Å². The number of aliphatic carboxylic acids is 1. The topological polar surface area (TPSA) is 82.2 Å². The molecular formula is C13H14N2O3.